The molecule has 0 aliphatic rings. The van der Waals surface area contributed by atoms with E-state index in [0.29, 0.717) is 6.04 Å². The lowest BCUT2D eigenvalue weighted by Crippen LogP contribution is -2.43. The predicted molar refractivity (Wildman–Crippen MR) is 78.5 cm³/mol. The zero-order valence-corrected chi connectivity index (χ0v) is 12.9. The Morgan fingerprint density at radius 1 is 1.00 bits per heavy atom. The molecular formula is C15H34N2. The van der Waals surface area contributed by atoms with Crippen molar-refractivity contribution in [1.29, 1.82) is 0 Å². The largest absolute Gasteiger partial charge is 0.315 e. The Balaban J connectivity index is 4.01. The van der Waals surface area contributed by atoms with Gasteiger partial charge in [0.2, 0.25) is 0 Å². The molecule has 0 aromatic rings. The third kappa shape index (κ3) is 7.05. The molecule has 0 aromatic carbocycles. The van der Waals surface area contributed by atoms with Gasteiger partial charge >= 0.3 is 0 Å². The molecule has 0 fully saturated rings. The fraction of sp³-hybridized carbons (Fsp3) is 1.00. The van der Waals surface area contributed by atoms with E-state index >= 15 is 0 Å². The molecule has 2 heteroatoms. The van der Waals surface area contributed by atoms with Crippen LogP contribution in [-0.4, -0.2) is 38.1 Å². The van der Waals surface area contributed by atoms with Gasteiger partial charge in [-0.25, -0.2) is 0 Å². The van der Waals surface area contributed by atoms with Gasteiger partial charge in [-0.05, 0) is 38.9 Å². The van der Waals surface area contributed by atoms with E-state index in [-0.39, 0.29) is 0 Å². The summed E-state index contributed by atoms with van der Waals surface area (Å²) in [6, 6.07) is 0.679. The minimum absolute atomic E-state index is 0.679. The fourth-order valence-corrected chi connectivity index (χ4v) is 2.68. The van der Waals surface area contributed by atoms with E-state index in [1.807, 2.05) is 0 Å². The van der Waals surface area contributed by atoms with Crippen LogP contribution in [0.3, 0.4) is 0 Å². The lowest BCUT2D eigenvalue weighted by Gasteiger charge is -2.32. The Bertz CT molecular complexity index is 164. The van der Waals surface area contributed by atoms with Crippen LogP contribution in [0.2, 0.25) is 0 Å². The van der Waals surface area contributed by atoms with Crippen molar-refractivity contribution in [3.63, 3.8) is 0 Å². The Morgan fingerprint density at radius 2 is 1.59 bits per heavy atom. The van der Waals surface area contributed by atoms with Crippen LogP contribution in [0.1, 0.15) is 53.4 Å². The highest BCUT2D eigenvalue weighted by Gasteiger charge is 2.20. The van der Waals surface area contributed by atoms with Gasteiger partial charge < -0.3 is 10.2 Å². The zero-order valence-electron chi connectivity index (χ0n) is 12.9. The van der Waals surface area contributed by atoms with Gasteiger partial charge in [-0.1, -0.05) is 47.0 Å². The molecule has 0 aliphatic carbocycles. The Labute approximate surface area is 109 Å². The normalized spacial score (nSPS) is 15.5. The molecule has 0 heterocycles. The molecule has 2 unspecified atom stereocenters. The van der Waals surface area contributed by atoms with Crippen LogP contribution in [0.5, 0.6) is 0 Å². The minimum Gasteiger partial charge on any atom is -0.315 e. The highest BCUT2D eigenvalue weighted by Crippen LogP contribution is 2.16. The van der Waals surface area contributed by atoms with Gasteiger partial charge in [0.1, 0.15) is 0 Å². The highest BCUT2D eigenvalue weighted by molar-refractivity contribution is 4.77. The van der Waals surface area contributed by atoms with Gasteiger partial charge in [0.05, 0.1) is 0 Å². The van der Waals surface area contributed by atoms with Crippen LogP contribution in [0.15, 0.2) is 0 Å². The second kappa shape index (κ2) is 9.90. The first-order chi connectivity index (χ1) is 8.06. The van der Waals surface area contributed by atoms with Crippen molar-refractivity contribution in [1.82, 2.24) is 10.2 Å². The monoisotopic (exact) mass is 242 g/mol. The topological polar surface area (TPSA) is 15.3 Å². The summed E-state index contributed by atoms with van der Waals surface area (Å²) in [5, 5.41) is 3.66. The summed E-state index contributed by atoms with van der Waals surface area (Å²) < 4.78 is 0. The number of nitrogens with zero attached hydrogens (tertiary/aromatic N) is 1. The van der Waals surface area contributed by atoms with Crippen LogP contribution in [-0.2, 0) is 0 Å². The first-order valence-corrected chi connectivity index (χ1v) is 7.43. The second-order valence-electron chi connectivity index (χ2n) is 5.66. The quantitative estimate of drug-likeness (QED) is 0.632. The summed E-state index contributed by atoms with van der Waals surface area (Å²) in [4.78, 5) is 2.38. The number of hydrogen-bond acceptors (Lipinski definition) is 2. The number of hydrogen-bond donors (Lipinski definition) is 1. The van der Waals surface area contributed by atoms with E-state index in [1.54, 1.807) is 0 Å². The van der Waals surface area contributed by atoms with Crippen molar-refractivity contribution in [3.8, 4) is 0 Å². The van der Waals surface area contributed by atoms with Gasteiger partial charge in [-0.2, -0.15) is 0 Å². The van der Waals surface area contributed by atoms with Crippen molar-refractivity contribution in [3.05, 3.63) is 0 Å². The van der Waals surface area contributed by atoms with Crippen LogP contribution < -0.4 is 5.32 Å². The van der Waals surface area contributed by atoms with Crippen molar-refractivity contribution in [2.45, 2.75) is 59.4 Å². The van der Waals surface area contributed by atoms with E-state index in [1.165, 1.54) is 32.2 Å². The predicted octanol–water partition coefficient (Wildman–Crippen LogP) is 3.38. The average Bonchev–Trinajstić information content (AvgIpc) is 2.28. The van der Waals surface area contributed by atoms with E-state index in [2.05, 4.69) is 52.0 Å². The third-order valence-electron chi connectivity index (χ3n) is 3.88. The maximum Gasteiger partial charge on any atom is 0.0242 e. The molecule has 0 saturated heterocycles. The van der Waals surface area contributed by atoms with Gasteiger partial charge in [0.15, 0.2) is 0 Å². The average molecular weight is 242 g/mol. The minimum atomic E-state index is 0.679. The molecule has 0 radical (unpaired) electrons. The van der Waals surface area contributed by atoms with Crippen LogP contribution in [0.4, 0.5) is 0 Å². The van der Waals surface area contributed by atoms with Crippen molar-refractivity contribution >= 4 is 0 Å². The van der Waals surface area contributed by atoms with E-state index in [4.69, 9.17) is 0 Å². The summed E-state index contributed by atoms with van der Waals surface area (Å²) >= 11 is 0. The van der Waals surface area contributed by atoms with E-state index < -0.39 is 0 Å². The zero-order chi connectivity index (χ0) is 13.3. The third-order valence-corrected chi connectivity index (χ3v) is 3.88. The molecule has 1 N–H and O–H groups in total. The molecular weight excluding hydrogens is 208 g/mol. The molecule has 0 saturated carbocycles. The molecule has 0 spiro atoms. The first kappa shape index (κ1) is 16.9. The lowest BCUT2D eigenvalue weighted by atomic mass is 9.93. The highest BCUT2D eigenvalue weighted by atomic mass is 15.1. The van der Waals surface area contributed by atoms with Crippen LogP contribution >= 0.6 is 0 Å². The summed E-state index contributed by atoms with van der Waals surface area (Å²) in [6.07, 6.45) is 5.20. The SMILES string of the molecule is CCCC(C)CNCC(C(CC)CC)N(C)C. The molecule has 17 heavy (non-hydrogen) atoms. The van der Waals surface area contributed by atoms with Crippen molar-refractivity contribution < 1.29 is 0 Å². The summed E-state index contributed by atoms with van der Waals surface area (Å²) in [5.74, 6) is 1.63. The molecule has 0 rings (SSSR count). The summed E-state index contributed by atoms with van der Waals surface area (Å²) in [6.45, 7) is 11.5. The number of rotatable bonds is 10. The molecule has 0 amide bonds. The van der Waals surface area contributed by atoms with Crippen LogP contribution in [0, 0.1) is 11.8 Å². The summed E-state index contributed by atoms with van der Waals surface area (Å²) in [7, 11) is 4.42. The van der Waals surface area contributed by atoms with E-state index in [9.17, 15) is 0 Å². The van der Waals surface area contributed by atoms with Crippen molar-refractivity contribution in [2.75, 3.05) is 27.2 Å². The Kier molecular flexibility index (Phi) is 9.85. The molecule has 0 aliphatic heterocycles. The standard InChI is InChI=1S/C15H34N2/c1-7-10-13(4)11-16-12-15(17(5)6)14(8-2)9-3/h13-16H,7-12H2,1-6H3. The summed E-state index contributed by atoms with van der Waals surface area (Å²) in [5.41, 5.74) is 0. The maximum atomic E-state index is 3.66. The Hall–Kier alpha value is -0.0800. The van der Waals surface area contributed by atoms with Crippen molar-refractivity contribution in [2.24, 2.45) is 11.8 Å². The fourth-order valence-electron chi connectivity index (χ4n) is 2.68. The Morgan fingerprint density at radius 3 is 2.00 bits per heavy atom. The first-order valence-electron chi connectivity index (χ1n) is 7.43. The number of nitrogens with one attached hydrogen (secondary N) is 1. The molecule has 0 aromatic heterocycles. The number of likely N-dealkylation sites (N-methyl/N-ethyl adjacent to an activating group) is 1. The van der Waals surface area contributed by atoms with Gasteiger partial charge in [-0.15, -0.1) is 0 Å². The van der Waals surface area contributed by atoms with Gasteiger partial charge in [0, 0.05) is 12.6 Å². The second-order valence-corrected chi connectivity index (χ2v) is 5.66. The van der Waals surface area contributed by atoms with E-state index in [0.717, 1.165) is 18.4 Å². The van der Waals surface area contributed by atoms with Crippen LogP contribution in [0.25, 0.3) is 0 Å². The molecule has 2 atom stereocenters. The van der Waals surface area contributed by atoms with Gasteiger partial charge in [0.25, 0.3) is 0 Å². The molecule has 2 nitrogen and oxygen atoms in total. The van der Waals surface area contributed by atoms with Gasteiger partial charge in [-0.3, -0.25) is 0 Å². The lowest BCUT2D eigenvalue weighted by molar-refractivity contribution is 0.192. The molecule has 104 valence electrons. The smallest absolute Gasteiger partial charge is 0.0242 e. The maximum absolute atomic E-state index is 3.66. The molecule has 0 bridgehead atoms.